The van der Waals surface area contributed by atoms with Crippen LogP contribution in [-0.4, -0.2) is 120 Å². The molecule has 1 aromatic rings. The van der Waals surface area contributed by atoms with E-state index in [4.69, 9.17) is 18.9 Å². The summed E-state index contributed by atoms with van der Waals surface area (Å²) < 4.78 is 23.4. The number of fused-ring (bicyclic) bond motifs is 12. The molecule has 5 aliphatic rings. The molecule has 1 aromatic carbocycles. The van der Waals surface area contributed by atoms with Crippen LogP contribution in [0, 0.1) is 36.5 Å². The van der Waals surface area contributed by atoms with Crippen LogP contribution < -0.4 is 15.4 Å². The van der Waals surface area contributed by atoms with Gasteiger partial charge in [0, 0.05) is 62.3 Å². The van der Waals surface area contributed by atoms with Gasteiger partial charge >= 0.3 is 11.8 Å². The molecule has 3 aliphatic heterocycles. The van der Waals surface area contributed by atoms with Crippen LogP contribution in [0.5, 0.6) is 11.5 Å². The van der Waals surface area contributed by atoms with Gasteiger partial charge in [0.25, 0.3) is 11.7 Å². The molecule has 16 heteroatoms. The minimum absolute atomic E-state index is 0.0321. The van der Waals surface area contributed by atoms with E-state index in [0.29, 0.717) is 13.0 Å². The molecular weight excluding hydrogens is 754 g/mol. The Morgan fingerprint density at radius 1 is 1.00 bits per heavy atom. The van der Waals surface area contributed by atoms with Crippen molar-refractivity contribution in [3.63, 3.8) is 0 Å². The fourth-order valence-corrected chi connectivity index (χ4v) is 8.12. The Hall–Kier alpha value is -4.90. The number of methoxy groups -OCH3 is 1. The van der Waals surface area contributed by atoms with Gasteiger partial charge in [-0.3, -0.25) is 28.8 Å². The van der Waals surface area contributed by atoms with E-state index in [-0.39, 0.29) is 41.1 Å². The normalized spacial score (nSPS) is 33.2. The summed E-state index contributed by atoms with van der Waals surface area (Å²) in [4.78, 5) is 84.5. The average Bonchev–Trinajstić information content (AvgIpc) is 3.93. The first kappa shape index (κ1) is 44.2. The lowest BCUT2D eigenvalue weighted by Crippen LogP contribution is -2.46. The first-order valence-electron chi connectivity index (χ1n) is 19.5. The smallest absolute Gasteiger partial charge is 0.312 e. The lowest BCUT2D eigenvalue weighted by molar-refractivity contribution is -0.160. The van der Waals surface area contributed by atoms with Crippen molar-refractivity contribution >= 4 is 35.0 Å². The number of aromatic hydroxyl groups is 1. The first-order chi connectivity index (χ1) is 27.2. The van der Waals surface area contributed by atoms with Crippen LogP contribution in [0.15, 0.2) is 35.4 Å². The van der Waals surface area contributed by atoms with E-state index in [1.165, 1.54) is 40.9 Å². The van der Waals surface area contributed by atoms with Gasteiger partial charge in [0.05, 0.1) is 41.3 Å². The average molecular weight is 810 g/mol. The molecule has 1 amide bonds. The van der Waals surface area contributed by atoms with Gasteiger partial charge in [0.1, 0.15) is 29.0 Å². The predicted octanol–water partition coefficient (Wildman–Crippen LogP) is 2.51. The summed E-state index contributed by atoms with van der Waals surface area (Å²) in [5, 5.41) is 39.8. The zero-order chi connectivity index (χ0) is 43.1. The highest BCUT2D eigenvalue weighted by molar-refractivity contribution is 6.32. The Morgan fingerprint density at radius 2 is 1.67 bits per heavy atom. The zero-order valence-corrected chi connectivity index (χ0v) is 34.6. The maximum absolute atomic E-state index is 14.5. The number of phenols is 1. The Labute approximate surface area is 337 Å². The largest absolute Gasteiger partial charge is 0.507 e. The molecule has 0 aromatic heterocycles. The molecule has 2 aliphatic carbocycles. The number of hydrogen-bond donors (Lipinski definition) is 5. The topological polar surface area (TPSA) is 227 Å². The van der Waals surface area contributed by atoms with E-state index in [2.05, 4.69) is 10.6 Å². The van der Waals surface area contributed by atoms with E-state index >= 15 is 0 Å². The van der Waals surface area contributed by atoms with E-state index in [1.807, 2.05) is 19.0 Å². The van der Waals surface area contributed by atoms with Gasteiger partial charge < -0.3 is 49.8 Å². The number of rotatable bonds is 7. The minimum Gasteiger partial charge on any atom is -0.507 e. The zero-order valence-electron chi connectivity index (χ0n) is 34.6. The summed E-state index contributed by atoms with van der Waals surface area (Å²) in [6, 6.07) is 0. The van der Waals surface area contributed by atoms with Crippen LogP contribution in [-0.2, 0) is 28.6 Å². The van der Waals surface area contributed by atoms with Crippen molar-refractivity contribution in [1.82, 2.24) is 15.5 Å². The van der Waals surface area contributed by atoms with Gasteiger partial charge in [0.15, 0.2) is 5.78 Å². The van der Waals surface area contributed by atoms with Crippen LogP contribution in [0.3, 0.4) is 0 Å². The number of carbonyl (C=O) groups excluding carboxylic acids is 6. The van der Waals surface area contributed by atoms with Crippen molar-refractivity contribution in [2.45, 2.75) is 91.5 Å². The number of ketones is 4. The number of ether oxygens (including phenoxy) is 4. The molecule has 0 saturated heterocycles. The number of Topliss-reactive ketones (excluding diaryl/α,β-unsaturated/α-hetero) is 3. The molecule has 0 unspecified atom stereocenters. The number of esters is 1. The SMILES string of the molecule is CO[C@H]1/C=C/O[C@@]2(C)Oc3c(C)c(O)c4c(c3C2=O)C(=O)C(NCCCN(C)C)=C(NC(=O)/C(C)=C\C(=O)[C@@H]2C[C@@H]2[C@H](O)[C@@H](C)[C@@H](O)[C@@H](C)[C@H](OC(C)=O)[C@@H]1C)C4=O. The Morgan fingerprint density at radius 3 is 2.29 bits per heavy atom. The molecule has 316 valence electrons. The highest BCUT2D eigenvalue weighted by Crippen LogP contribution is 2.49. The number of allylic oxidation sites excluding steroid dienone is 3. The lowest BCUT2D eigenvalue weighted by atomic mass is 9.79. The summed E-state index contributed by atoms with van der Waals surface area (Å²) in [5.41, 5.74) is -2.16. The number of nitrogens with one attached hydrogen (secondary N) is 2. The second-order valence-electron chi connectivity index (χ2n) is 16.3. The van der Waals surface area contributed by atoms with E-state index in [1.54, 1.807) is 20.8 Å². The predicted molar refractivity (Wildman–Crippen MR) is 208 cm³/mol. The number of carbonyl (C=O) groups is 6. The number of hydrogen-bond acceptors (Lipinski definition) is 15. The van der Waals surface area contributed by atoms with Gasteiger partial charge in [-0.15, -0.1) is 0 Å². The van der Waals surface area contributed by atoms with Crippen LogP contribution >= 0.6 is 0 Å². The van der Waals surface area contributed by atoms with E-state index < -0.39 is 117 Å². The van der Waals surface area contributed by atoms with Gasteiger partial charge in [0.2, 0.25) is 11.6 Å². The molecule has 5 bridgehead atoms. The van der Waals surface area contributed by atoms with Crippen molar-refractivity contribution < 1.29 is 63.0 Å². The third-order valence-corrected chi connectivity index (χ3v) is 11.7. The fraction of sp³-hybridized carbons (Fsp3) is 0.571. The van der Waals surface area contributed by atoms with Crippen molar-refractivity contribution in [3.8, 4) is 11.5 Å². The summed E-state index contributed by atoms with van der Waals surface area (Å²) in [7, 11) is 5.13. The minimum atomic E-state index is -2.10. The highest BCUT2D eigenvalue weighted by atomic mass is 16.7. The Kier molecular flexibility index (Phi) is 13.1. The molecule has 5 N–H and O–H groups in total. The molecule has 1 saturated carbocycles. The van der Waals surface area contributed by atoms with Crippen LogP contribution in [0.2, 0.25) is 0 Å². The number of aliphatic hydroxyl groups excluding tert-OH is 2. The van der Waals surface area contributed by atoms with Gasteiger partial charge in [-0.2, -0.15) is 0 Å². The van der Waals surface area contributed by atoms with Crippen LogP contribution in [0.25, 0.3) is 0 Å². The van der Waals surface area contributed by atoms with Crippen molar-refractivity contribution in [2.75, 3.05) is 34.3 Å². The van der Waals surface area contributed by atoms with Gasteiger partial charge in [-0.1, -0.05) is 20.8 Å². The Bertz CT molecular complexity index is 1990. The molecule has 6 rings (SSSR count). The molecule has 10 atom stereocenters. The molecule has 0 spiro atoms. The van der Waals surface area contributed by atoms with Gasteiger partial charge in [-0.25, -0.2) is 0 Å². The quantitative estimate of drug-likeness (QED) is 0.197. The molecule has 58 heavy (non-hydrogen) atoms. The summed E-state index contributed by atoms with van der Waals surface area (Å²) >= 11 is 0. The standard InChI is InChI=1S/C42H55N3O13/c1-18-16-26(47)24-17-25(24)34(49)20(3)33(48)21(4)38(57-23(6)46)19(2)27(55-10)12-15-56-42(7)40(53)30-28-29(35(50)22(5)39(30)58-42)37(52)32(44-41(18)54)31(36(28)51)43-13-11-14-45(8)9/h12,15-16,19-21,24-25,27,33-34,38,43,48-50H,11,13-14,17H2,1-10H3,(H,44,54)/b15-12+,18-16-/t19-,20+,21-,24-,25+,27+,33-,34-,38-,42+/m1/s1. The molecule has 1 fully saturated rings. The summed E-state index contributed by atoms with van der Waals surface area (Å²) in [6.07, 6.45) is 0.409. The molecule has 16 nitrogen and oxygen atoms in total. The first-order valence-corrected chi connectivity index (χ1v) is 19.5. The van der Waals surface area contributed by atoms with Crippen LogP contribution in [0.1, 0.15) is 91.0 Å². The maximum Gasteiger partial charge on any atom is 0.312 e. The third kappa shape index (κ3) is 8.33. The van der Waals surface area contributed by atoms with E-state index in [0.717, 1.165) is 12.3 Å². The second-order valence-corrected chi connectivity index (χ2v) is 16.3. The highest BCUT2D eigenvalue weighted by Gasteiger charge is 2.53. The number of amides is 1. The van der Waals surface area contributed by atoms with Crippen molar-refractivity contribution in [1.29, 1.82) is 0 Å². The molecular formula is C42H55N3O13. The second kappa shape index (κ2) is 17.1. The van der Waals surface area contributed by atoms with E-state index in [9.17, 15) is 44.1 Å². The number of phenolic OH excluding ortho intramolecular Hbond substituents is 1. The molecule has 3 heterocycles. The summed E-state index contributed by atoms with van der Waals surface area (Å²) in [6.45, 7) is 11.1. The van der Waals surface area contributed by atoms with Crippen molar-refractivity contribution in [2.24, 2.45) is 29.6 Å². The monoisotopic (exact) mass is 809 g/mol. The Balaban J connectivity index is 1.63. The molecule has 0 radical (unpaired) electrons. The fourth-order valence-electron chi connectivity index (χ4n) is 8.12. The third-order valence-electron chi connectivity index (χ3n) is 11.7. The van der Waals surface area contributed by atoms with Gasteiger partial charge in [-0.05, 0) is 65.4 Å². The number of benzene rings is 1. The number of nitrogens with zero attached hydrogens (tertiary/aromatic N) is 1. The maximum atomic E-state index is 14.5. The van der Waals surface area contributed by atoms with Crippen molar-refractivity contribution in [3.05, 3.63) is 57.6 Å². The van der Waals surface area contributed by atoms with Crippen LogP contribution in [0.4, 0.5) is 0 Å². The lowest BCUT2D eigenvalue weighted by Gasteiger charge is -2.37. The summed E-state index contributed by atoms with van der Waals surface area (Å²) in [5.74, 6) is -10.9. The number of aliphatic hydroxyl groups is 2.